The number of aromatic nitrogens is 5. The molecule has 2 saturated heterocycles. The molecule has 0 spiro atoms. The number of fused-ring (bicyclic) bond motifs is 1. The highest BCUT2D eigenvalue weighted by Gasteiger charge is 2.43. The van der Waals surface area contributed by atoms with Gasteiger partial charge < -0.3 is 29.7 Å². The fraction of sp³-hybridized carbons (Fsp3) is 0.643. The number of ether oxygens (including phenoxy) is 2. The molecule has 2 fully saturated rings. The molecule has 0 aromatic carbocycles. The lowest BCUT2D eigenvalue weighted by Crippen LogP contribution is -2.42. The second kappa shape index (κ2) is 11.2. The van der Waals surface area contributed by atoms with Crippen molar-refractivity contribution in [2.24, 2.45) is 0 Å². The Kier molecular flexibility index (Phi) is 7.74. The topological polar surface area (TPSA) is 173 Å². The van der Waals surface area contributed by atoms with Crippen LogP contribution in [0.5, 0.6) is 6.01 Å². The summed E-state index contributed by atoms with van der Waals surface area (Å²) in [7, 11) is 1.87. The maximum atomic E-state index is 14.1. The molecule has 43 heavy (non-hydrogen) atoms. The van der Waals surface area contributed by atoms with Gasteiger partial charge in [0, 0.05) is 29.6 Å². The van der Waals surface area contributed by atoms with Gasteiger partial charge in [0.1, 0.15) is 28.9 Å². The van der Waals surface area contributed by atoms with Gasteiger partial charge in [0.05, 0.1) is 30.7 Å². The van der Waals surface area contributed by atoms with Gasteiger partial charge in [-0.05, 0) is 53.5 Å². The minimum absolute atomic E-state index is 0.0305. The first kappa shape index (κ1) is 29.6. The van der Waals surface area contributed by atoms with Crippen LogP contribution in [0, 0.1) is 11.3 Å². The van der Waals surface area contributed by atoms with Gasteiger partial charge in [-0.15, -0.1) is 11.3 Å². The fourth-order valence-corrected chi connectivity index (χ4v) is 7.61. The third-order valence-corrected chi connectivity index (χ3v) is 9.65. The number of aliphatic hydroxyl groups is 1. The first-order valence-corrected chi connectivity index (χ1v) is 15.3. The summed E-state index contributed by atoms with van der Waals surface area (Å²) in [5.41, 5.74) is 5.65. The molecule has 5 heterocycles. The number of halogens is 1. The SMILES string of the molecule is C[C@H](Oc1nc(-c2noc([C@@]3(C)CCCc4sc(N)c(C#N)c43)n2)nc(N2CCOC[C@](C)(O)C2)n1)[C@@H]1C[C@@H](F)CN1C. The summed E-state index contributed by atoms with van der Waals surface area (Å²) < 4.78 is 31.7. The van der Waals surface area contributed by atoms with E-state index < -0.39 is 23.3 Å². The average Bonchev–Trinajstić information content (AvgIpc) is 3.64. The number of likely N-dealkylation sites (N-methyl/N-ethyl adjacent to an activating group) is 1. The van der Waals surface area contributed by atoms with Crippen LogP contribution >= 0.6 is 11.3 Å². The highest BCUT2D eigenvalue weighted by Crippen LogP contribution is 2.48. The first-order chi connectivity index (χ1) is 20.5. The van der Waals surface area contributed by atoms with Crippen LogP contribution in [0.2, 0.25) is 0 Å². The molecular formula is C28H36FN9O4S. The van der Waals surface area contributed by atoms with Crippen molar-refractivity contribution < 1.29 is 23.5 Å². The number of nitrogens with zero attached hydrogens (tertiary/aromatic N) is 8. The first-order valence-electron chi connectivity index (χ1n) is 14.5. The third-order valence-electron chi connectivity index (χ3n) is 8.57. The molecule has 3 aliphatic rings. The number of nitrogens with two attached hydrogens (primary N) is 1. The Hall–Kier alpha value is -3.45. The van der Waals surface area contributed by atoms with Crippen molar-refractivity contribution in [3.8, 4) is 23.7 Å². The van der Waals surface area contributed by atoms with Gasteiger partial charge in [-0.3, -0.25) is 4.90 Å². The minimum Gasteiger partial charge on any atom is -0.459 e. The van der Waals surface area contributed by atoms with Gasteiger partial charge in [0.25, 0.3) is 0 Å². The van der Waals surface area contributed by atoms with Gasteiger partial charge >= 0.3 is 6.01 Å². The number of thiophene rings is 1. The predicted octanol–water partition coefficient (Wildman–Crippen LogP) is 2.48. The number of likely N-dealkylation sites (tertiary alicyclic amines) is 1. The van der Waals surface area contributed by atoms with Gasteiger partial charge in [0.2, 0.25) is 23.5 Å². The molecule has 0 bridgehead atoms. The molecule has 6 rings (SSSR count). The van der Waals surface area contributed by atoms with Gasteiger partial charge in [-0.2, -0.15) is 25.2 Å². The molecule has 0 radical (unpaired) electrons. The molecule has 2 aliphatic heterocycles. The Labute approximate surface area is 252 Å². The zero-order valence-corrected chi connectivity index (χ0v) is 25.5. The molecule has 13 nitrogen and oxygen atoms in total. The molecular weight excluding hydrogens is 577 g/mol. The number of nitriles is 1. The van der Waals surface area contributed by atoms with E-state index in [1.54, 1.807) is 11.8 Å². The van der Waals surface area contributed by atoms with Gasteiger partial charge in [-0.1, -0.05) is 5.16 Å². The molecule has 230 valence electrons. The van der Waals surface area contributed by atoms with Gasteiger partial charge in [0.15, 0.2) is 0 Å². The fourth-order valence-electron chi connectivity index (χ4n) is 6.42. The maximum Gasteiger partial charge on any atom is 0.322 e. The number of nitrogen functional groups attached to an aromatic ring is 1. The Bertz CT molecular complexity index is 1540. The maximum absolute atomic E-state index is 14.1. The highest BCUT2D eigenvalue weighted by molar-refractivity contribution is 7.16. The number of β-amino-alcohol motifs (C(OH)–C–C–N with tert-alkyl or cyclic N) is 1. The Balaban J connectivity index is 1.38. The van der Waals surface area contributed by atoms with Crippen molar-refractivity contribution in [2.75, 3.05) is 50.5 Å². The van der Waals surface area contributed by atoms with Crippen molar-refractivity contribution in [1.29, 1.82) is 5.26 Å². The van der Waals surface area contributed by atoms with Crippen LogP contribution < -0.4 is 15.4 Å². The van der Waals surface area contributed by atoms with E-state index in [0.717, 1.165) is 23.3 Å². The largest absolute Gasteiger partial charge is 0.459 e. The Morgan fingerprint density at radius 3 is 2.81 bits per heavy atom. The van der Waals surface area contributed by atoms with Crippen molar-refractivity contribution >= 4 is 22.3 Å². The summed E-state index contributed by atoms with van der Waals surface area (Å²) >= 11 is 1.43. The van der Waals surface area contributed by atoms with E-state index >= 15 is 0 Å². The molecule has 1 aliphatic carbocycles. The van der Waals surface area contributed by atoms with Crippen LogP contribution in [0.4, 0.5) is 15.3 Å². The standard InChI is InChI=1S/C28H36FN9O4S/c1-15(18-10-16(29)12-37(18)4)41-26-34-22(33-25(35-26)38-8-9-40-14-27(2,39)13-38)23-32-24(42-36-23)28(3)7-5-6-19-20(28)17(11-30)21(31)43-19/h15-16,18,39H,5-10,12-14,31H2,1-4H3/t15-,16+,18-,27+,28-/m0/s1. The monoisotopic (exact) mass is 613 g/mol. The summed E-state index contributed by atoms with van der Waals surface area (Å²) in [5, 5.41) is 25.4. The number of hydrogen-bond donors (Lipinski definition) is 2. The summed E-state index contributed by atoms with van der Waals surface area (Å²) in [5.74, 6) is 0.852. The van der Waals surface area contributed by atoms with Crippen LogP contribution in [0.15, 0.2) is 4.52 Å². The lowest BCUT2D eigenvalue weighted by atomic mass is 9.72. The number of alkyl halides is 1. The predicted molar refractivity (Wildman–Crippen MR) is 156 cm³/mol. The third kappa shape index (κ3) is 5.64. The summed E-state index contributed by atoms with van der Waals surface area (Å²) in [4.78, 5) is 23.3. The molecule has 0 unspecified atom stereocenters. The van der Waals surface area contributed by atoms with Crippen molar-refractivity contribution in [2.45, 2.75) is 75.8 Å². The summed E-state index contributed by atoms with van der Waals surface area (Å²) in [6.45, 7) is 7.06. The van der Waals surface area contributed by atoms with E-state index in [0.29, 0.717) is 49.0 Å². The lowest BCUT2D eigenvalue weighted by Gasteiger charge is -2.30. The summed E-state index contributed by atoms with van der Waals surface area (Å²) in [6, 6.07) is 2.13. The molecule has 3 aromatic rings. The second-order valence-electron chi connectivity index (χ2n) is 12.2. The van der Waals surface area contributed by atoms with Crippen LogP contribution in [0.3, 0.4) is 0 Å². The average molecular weight is 614 g/mol. The molecule has 3 aromatic heterocycles. The van der Waals surface area contributed by atoms with Crippen molar-refractivity contribution in [3.05, 3.63) is 21.9 Å². The van der Waals surface area contributed by atoms with Crippen molar-refractivity contribution in [3.63, 3.8) is 0 Å². The quantitative estimate of drug-likeness (QED) is 0.416. The van der Waals surface area contributed by atoms with Crippen LogP contribution in [0.25, 0.3) is 11.6 Å². The van der Waals surface area contributed by atoms with E-state index in [9.17, 15) is 14.8 Å². The highest BCUT2D eigenvalue weighted by atomic mass is 32.1. The second-order valence-corrected chi connectivity index (χ2v) is 13.4. The van der Waals surface area contributed by atoms with Crippen LogP contribution in [-0.4, -0.2) is 98.9 Å². The molecule has 3 N–H and O–H groups in total. The smallest absolute Gasteiger partial charge is 0.322 e. The molecule has 0 saturated carbocycles. The van der Waals surface area contributed by atoms with Crippen LogP contribution in [0.1, 0.15) is 61.9 Å². The number of aryl methyl sites for hydroxylation is 1. The number of anilines is 2. The van der Waals surface area contributed by atoms with E-state index in [1.165, 1.54) is 11.3 Å². The van der Waals surface area contributed by atoms with E-state index in [1.807, 2.05) is 25.8 Å². The number of rotatable bonds is 6. The summed E-state index contributed by atoms with van der Waals surface area (Å²) in [6.07, 6.45) is 1.42. The van der Waals surface area contributed by atoms with Crippen molar-refractivity contribution in [1.82, 2.24) is 30.0 Å². The van der Waals surface area contributed by atoms with E-state index in [2.05, 4.69) is 26.2 Å². The molecule has 0 amide bonds. The lowest BCUT2D eigenvalue weighted by molar-refractivity contribution is -0.0123. The zero-order chi connectivity index (χ0) is 30.5. The molecule has 5 atom stereocenters. The van der Waals surface area contributed by atoms with E-state index in [-0.39, 0.29) is 42.8 Å². The molecule has 15 heteroatoms. The zero-order valence-electron chi connectivity index (χ0n) is 24.7. The number of hydrogen-bond acceptors (Lipinski definition) is 14. The van der Waals surface area contributed by atoms with E-state index in [4.69, 9.17) is 24.7 Å². The minimum atomic E-state index is -1.13. The van der Waals surface area contributed by atoms with Crippen LogP contribution in [-0.2, 0) is 16.6 Å². The normalized spacial score (nSPS) is 28.7. The Morgan fingerprint density at radius 1 is 1.26 bits per heavy atom. The van der Waals surface area contributed by atoms with Gasteiger partial charge in [-0.25, -0.2) is 4.39 Å². The Morgan fingerprint density at radius 2 is 2.07 bits per heavy atom.